The Bertz CT molecular complexity index is 130. The molecule has 2 aliphatic heterocycles. The normalized spacial score (nSPS) is 47.9. The quantitative estimate of drug-likeness (QED) is 0.476. The minimum Gasteiger partial charge on any atom is -0.367 e. The molecule has 0 aliphatic carbocycles. The fourth-order valence-corrected chi connectivity index (χ4v) is 1.52. The largest absolute Gasteiger partial charge is 0.367 e. The van der Waals surface area contributed by atoms with Crippen LogP contribution in [0.15, 0.2) is 12.2 Å². The maximum absolute atomic E-state index is 5.74. The maximum atomic E-state index is 5.74. The van der Waals surface area contributed by atoms with Gasteiger partial charge in [0.1, 0.15) is 0 Å². The van der Waals surface area contributed by atoms with Crippen LogP contribution in [0, 0.1) is 0 Å². The summed E-state index contributed by atoms with van der Waals surface area (Å²) in [6.07, 6.45) is 6.92. The van der Waals surface area contributed by atoms with Crippen molar-refractivity contribution in [1.29, 1.82) is 0 Å². The zero-order valence-electron chi connectivity index (χ0n) is 5.29. The van der Waals surface area contributed by atoms with Gasteiger partial charge in [-0.25, -0.2) is 0 Å². The Hall–Kier alpha value is -0.340. The third kappa shape index (κ3) is 0.884. The minimum absolute atomic E-state index is 0.332. The van der Waals surface area contributed by atoms with Crippen molar-refractivity contribution in [3.8, 4) is 0 Å². The van der Waals surface area contributed by atoms with E-state index in [4.69, 9.17) is 10.5 Å². The molecule has 1 saturated heterocycles. The van der Waals surface area contributed by atoms with Crippen molar-refractivity contribution in [3.63, 3.8) is 0 Å². The molecule has 1 fully saturated rings. The zero-order valence-corrected chi connectivity index (χ0v) is 5.29. The molecule has 0 amide bonds. The molecule has 50 valence electrons. The Morgan fingerprint density at radius 3 is 2.33 bits per heavy atom. The predicted octanol–water partition coefficient (Wildman–Crippen LogP) is 0.431. The fourth-order valence-electron chi connectivity index (χ4n) is 1.52. The molecule has 2 heteroatoms. The highest BCUT2D eigenvalue weighted by molar-refractivity contribution is 5.07. The van der Waals surface area contributed by atoms with Crippen molar-refractivity contribution in [3.05, 3.63) is 12.2 Å². The molecule has 2 nitrogen and oxygen atoms in total. The van der Waals surface area contributed by atoms with Gasteiger partial charge in [0, 0.05) is 6.04 Å². The van der Waals surface area contributed by atoms with Gasteiger partial charge in [0.15, 0.2) is 0 Å². The Morgan fingerprint density at radius 1 is 1.22 bits per heavy atom. The van der Waals surface area contributed by atoms with Crippen molar-refractivity contribution >= 4 is 0 Å². The second-order valence-electron chi connectivity index (χ2n) is 2.83. The molecule has 2 heterocycles. The minimum atomic E-state index is 0.332. The van der Waals surface area contributed by atoms with E-state index in [0.717, 1.165) is 12.8 Å². The molecular formula is C7H11NO. The fraction of sp³-hybridized carbons (Fsp3) is 0.714. The van der Waals surface area contributed by atoms with Crippen LogP contribution in [0.5, 0.6) is 0 Å². The predicted molar refractivity (Wildman–Crippen MR) is 35.0 cm³/mol. The van der Waals surface area contributed by atoms with E-state index < -0.39 is 0 Å². The van der Waals surface area contributed by atoms with Crippen LogP contribution < -0.4 is 5.73 Å². The molecule has 2 atom stereocenters. The number of hydrogen-bond donors (Lipinski definition) is 1. The number of hydrogen-bond acceptors (Lipinski definition) is 2. The van der Waals surface area contributed by atoms with Crippen LogP contribution in [0.4, 0.5) is 0 Å². The highest BCUT2D eigenvalue weighted by atomic mass is 16.5. The summed E-state index contributed by atoms with van der Waals surface area (Å²) in [4.78, 5) is 0. The molecule has 0 saturated carbocycles. The standard InChI is InChI=1S/C7H11NO/c8-5-3-6-1-2-7(4-5)9-6/h1-2,5-7H,3-4,8H2. The second-order valence-corrected chi connectivity index (χ2v) is 2.83. The van der Waals surface area contributed by atoms with Gasteiger partial charge in [0.05, 0.1) is 12.2 Å². The van der Waals surface area contributed by atoms with Gasteiger partial charge in [0.25, 0.3) is 0 Å². The summed E-state index contributed by atoms with van der Waals surface area (Å²) >= 11 is 0. The summed E-state index contributed by atoms with van der Waals surface area (Å²) in [6, 6.07) is 0.365. The molecule has 0 aromatic carbocycles. The molecule has 2 N–H and O–H groups in total. The molecule has 0 aromatic heterocycles. The lowest BCUT2D eigenvalue weighted by atomic mass is 10.0. The van der Waals surface area contributed by atoms with Gasteiger partial charge < -0.3 is 10.5 Å². The van der Waals surface area contributed by atoms with Crippen LogP contribution in [-0.2, 0) is 4.74 Å². The van der Waals surface area contributed by atoms with E-state index >= 15 is 0 Å². The summed E-state index contributed by atoms with van der Waals surface area (Å²) < 4.78 is 5.48. The van der Waals surface area contributed by atoms with Gasteiger partial charge in [-0.15, -0.1) is 0 Å². The summed E-state index contributed by atoms with van der Waals surface area (Å²) in [5.74, 6) is 0. The summed E-state index contributed by atoms with van der Waals surface area (Å²) in [5.41, 5.74) is 5.74. The van der Waals surface area contributed by atoms with E-state index in [0.29, 0.717) is 18.2 Å². The Morgan fingerprint density at radius 2 is 1.78 bits per heavy atom. The lowest BCUT2D eigenvalue weighted by molar-refractivity contribution is 0.0122. The molecule has 0 radical (unpaired) electrons. The van der Waals surface area contributed by atoms with Crippen LogP contribution in [-0.4, -0.2) is 18.2 Å². The highest BCUT2D eigenvalue weighted by Crippen LogP contribution is 2.25. The smallest absolute Gasteiger partial charge is 0.0779 e. The number of nitrogens with two attached hydrogens (primary N) is 1. The summed E-state index contributed by atoms with van der Waals surface area (Å²) in [6.45, 7) is 0. The SMILES string of the molecule is NC1CC2C=CC(C1)O2. The van der Waals surface area contributed by atoms with Gasteiger partial charge in [-0.3, -0.25) is 0 Å². The van der Waals surface area contributed by atoms with E-state index in [1.54, 1.807) is 0 Å². The van der Waals surface area contributed by atoms with Crippen molar-refractivity contribution in [1.82, 2.24) is 0 Å². The molecule has 2 bridgehead atoms. The van der Waals surface area contributed by atoms with Gasteiger partial charge in [-0.2, -0.15) is 0 Å². The third-order valence-electron chi connectivity index (χ3n) is 1.96. The molecule has 2 rings (SSSR count). The Labute approximate surface area is 54.7 Å². The van der Waals surface area contributed by atoms with Crippen LogP contribution >= 0.6 is 0 Å². The van der Waals surface area contributed by atoms with E-state index in [2.05, 4.69) is 12.2 Å². The molecule has 9 heavy (non-hydrogen) atoms. The number of rotatable bonds is 0. The van der Waals surface area contributed by atoms with Crippen molar-refractivity contribution in [2.45, 2.75) is 31.1 Å². The van der Waals surface area contributed by atoms with Gasteiger partial charge in [0.2, 0.25) is 0 Å². The second kappa shape index (κ2) is 1.82. The molecule has 0 spiro atoms. The topological polar surface area (TPSA) is 35.2 Å². The van der Waals surface area contributed by atoms with E-state index in [9.17, 15) is 0 Å². The third-order valence-corrected chi connectivity index (χ3v) is 1.96. The van der Waals surface area contributed by atoms with Gasteiger partial charge in [-0.1, -0.05) is 12.2 Å². The maximum Gasteiger partial charge on any atom is 0.0779 e. The highest BCUT2D eigenvalue weighted by Gasteiger charge is 2.28. The van der Waals surface area contributed by atoms with Gasteiger partial charge >= 0.3 is 0 Å². The molecule has 2 aliphatic rings. The number of ether oxygens (including phenoxy) is 1. The first-order valence-corrected chi connectivity index (χ1v) is 3.44. The molecule has 2 unspecified atom stereocenters. The first kappa shape index (κ1) is 5.45. The van der Waals surface area contributed by atoms with Crippen molar-refractivity contribution in [2.75, 3.05) is 0 Å². The lowest BCUT2D eigenvalue weighted by Crippen LogP contribution is -2.35. The average molecular weight is 125 g/mol. The van der Waals surface area contributed by atoms with Crippen LogP contribution in [0.3, 0.4) is 0 Å². The van der Waals surface area contributed by atoms with Crippen LogP contribution in [0.1, 0.15) is 12.8 Å². The monoisotopic (exact) mass is 125 g/mol. The van der Waals surface area contributed by atoms with Crippen LogP contribution in [0.2, 0.25) is 0 Å². The molecule has 0 aromatic rings. The first-order valence-electron chi connectivity index (χ1n) is 3.44. The van der Waals surface area contributed by atoms with E-state index in [1.807, 2.05) is 0 Å². The lowest BCUT2D eigenvalue weighted by Gasteiger charge is -2.25. The van der Waals surface area contributed by atoms with Crippen molar-refractivity contribution in [2.24, 2.45) is 5.73 Å². The summed E-state index contributed by atoms with van der Waals surface area (Å²) in [7, 11) is 0. The van der Waals surface area contributed by atoms with E-state index in [-0.39, 0.29) is 0 Å². The molecular weight excluding hydrogens is 114 g/mol. The first-order chi connectivity index (χ1) is 4.34. The average Bonchev–Trinajstić information content (AvgIpc) is 2.11. The van der Waals surface area contributed by atoms with Gasteiger partial charge in [-0.05, 0) is 12.8 Å². The zero-order chi connectivity index (χ0) is 6.27. The van der Waals surface area contributed by atoms with Crippen molar-refractivity contribution < 1.29 is 4.74 Å². The Balaban J connectivity index is 2.10. The summed E-state index contributed by atoms with van der Waals surface area (Å²) in [5, 5.41) is 0. The Kier molecular flexibility index (Phi) is 1.10. The number of fused-ring (bicyclic) bond motifs is 2. The van der Waals surface area contributed by atoms with Crippen LogP contribution in [0.25, 0.3) is 0 Å². The van der Waals surface area contributed by atoms with E-state index in [1.165, 1.54) is 0 Å².